The zero-order chi connectivity index (χ0) is 11.9. The monoisotopic (exact) mass is 301 g/mol. The van der Waals surface area contributed by atoms with Crippen LogP contribution in [0, 0.1) is 5.92 Å². The Balaban J connectivity index is 2.58. The second-order valence-corrected chi connectivity index (χ2v) is 7.00. The third-order valence-electron chi connectivity index (χ3n) is 3.44. The molecule has 0 saturated carbocycles. The van der Waals surface area contributed by atoms with Crippen LogP contribution in [0.5, 0.6) is 0 Å². The summed E-state index contributed by atoms with van der Waals surface area (Å²) in [6.07, 6.45) is 0. The molecule has 1 aliphatic rings. The van der Waals surface area contributed by atoms with Gasteiger partial charge in [-0.05, 0) is 36.7 Å². The van der Waals surface area contributed by atoms with Crippen molar-refractivity contribution >= 4 is 26.7 Å². The average molecular weight is 302 g/mol. The van der Waals surface area contributed by atoms with Gasteiger partial charge in [-0.25, -0.2) is 0 Å². The molecule has 1 aliphatic heterocycles. The van der Waals surface area contributed by atoms with Crippen LogP contribution in [0.3, 0.4) is 0 Å². The zero-order valence-corrected chi connectivity index (χ0v) is 12.1. The van der Waals surface area contributed by atoms with Crippen LogP contribution < -0.4 is 5.32 Å². The predicted octanol–water partition coefficient (Wildman–Crippen LogP) is 2.86. The fraction of sp³-hybridized carbons (Fsp3) is 0.500. The molecule has 1 N–H and O–H groups in total. The number of hydrogen-bond acceptors (Lipinski definition) is 2. The van der Waals surface area contributed by atoms with E-state index in [9.17, 15) is 4.21 Å². The summed E-state index contributed by atoms with van der Waals surface area (Å²) in [6.45, 7) is 4.23. The molecule has 2 rings (SSSR count). The van der Waals surface area contributed by atoms with Crippen molar-refractivity contribution in [1.29, 1.82) is 0 Å². The van der Waals surface area contributed by atoms with Gasteiger partial charge in [-0.1, -0.05) is 29.8 Å². The van der Waals surface area contributed by atoms with Gasteiger partial charge in [0, 0.05) is 20.7 Å². The third-order valence-corrected chi connectivity index (χ3v) is 5.84. The number of nitrogens with one attached hydrogen (secondary N) is 1. The summed E-state index contributed by atoms with van der Waals surface area (Å²) in [5.41, 5.74) is 1.17. The summed E-state index contributed by atoms with van der Waals surface area (Å²) >= 11 is 3.48. The van der Waals surface area contributed by atoms with Crippen molar-refractivity contribution in [1.82, 2.24) is 5.32 Å². The first-order valence-corrected chi connectivity index (χ1v) is 7.44. The minimum absolute atomic E-state index is 0.200. The molecule has 4 unspecified atom stereocenters. The van der Waals surface area contributed by atoms with E-state index in [1.807, 2.05) is 19.2 Å². The molecule has 1 aromatic carbocycles. The molecular formula is C12H16BrNOS. The van der Waals surface area contributed by atoms with E-state index >= 15 is 0 Å². The highest BCUT2D eigenvalue weighted by atomic mass is 79.9. The van der Waals surface area contributed by atoms with Gasteiger partial charge in [0.2, 0.25) is 0 Å². The van der Waals surface area contributed by atoms with Gasteiger partial charge in [0.25, 0.3) is 0 Å². The largest absolute Gasteiger partial charge is 0.313 e. The van der Waals surface area contributed by atoms with Gasteiger partial charge < -0.3 is 5.32 Å². The molecule has 88 valence electrons. The summed E-state index contributed by atoms with van der Waals surface area (Å²) in [7, 11) is 1.08. The summed E-state index contributed by atoms with van der Waals surface area (Å²) in [6, 6.07) is 6.31. The molecule has 0 aliphatic carbocycles. The smallest absolute Gasteiger partial charge is 0.0564 e. The molecule has 0 fully saturated rings. The number of rotatable bonds is 1. The van der Waals surface area contributed by atoms with E-state index in [2.05, 4.69) is 41.2 Å². The van der Waals surface area contributed by atoms with Gasteiger partial charge in [0.05, 0.1) is 10.8 Å². The third kappa shape index (κ3) is 1.87. The van der Waals surface area contributed by atoms with Crippen LogP contribution in [-0.4, -0.2) is 16.5 Å². The van der Waals surface area contributed by atoms with Crippen molar-refractivity contribution in [3.63, 3.8) is 0 Å². The minimum atomic E-state index is -0.881. The maximum atomic E-state index is 12.3. The normalized spacial score (nSPS) is 33.5. The summed E-state index contributed by atoms with van der Waals surface area (Å²) in [5.74, 6) is 0.382. The highest BCUT2D eigenvalue weighted by Crippen LogP contribution is 2.38. The van der Waals surface area contributed by atoms with Crippen LogP contribution in [0.4, 0.5) is 0 Å². The lowest BCUT2D eigenvalue weighted by atomic mass is 9.91. The number of benzene rings is 1. The number of halogens is 1. The lowest BCUT2D eigenvalue weighted by Crippen LogP contribution is -2.37. The van der Waals surface area contributed by atoms with Crippen molar-refractivity contribution in [2.75, 3.05) is 7.05 Å². The molecular weight excluding hydrogens is 286 g/mol. The molecule has 0 spiro atoms. The first-order chi connectivity index (χ1) is 7.56. The first kappa shape index (κ1) is 12.3. The van der Waals surface area contributed by atoms with Crippen LogP contribution >= 0.6 is 15.9 Å². The molecule has 2 nitrogen and oxygen atoms in total. The minimum Gasteiger partial charge on any atom is -0.313 e. The highest BCUT2D eigenvalue weighted by molar-refractivity contribution is 9.10. The van der Waals surface area contributed by atoms with E-state index in [1.165, 1.54) is 5.56 Å². The Morgan fingerprint density at radius 3 is 2.69 bits per heavy atom. The topological polar surface area (TPSA) is 29.1 Å². The Morgan fingerprint density at radius 2 is 2.06 bits per heavy atom. The number of hydrogen-bond donors (Lipinski definition) is 1. The standard InChI is InChI=1S/C12H16BrNOS/c1-7-8(2)16(15)11-5-4-9(13)6-10(11)12(7)14-3/h4-8,12,14H,1-3H3. The van der Waals surface area contributed by atoms with Gasteiger partial charge in [-0.15, -0.1) is 0 Å². The molecule has 1 aromatic rings. The second-order valence-electron chi connectivity index (χ2n) is 4.31. The van der Waals surface area contributed by atoms with Crippen molar-refractivity contribution in [3.05, 3.63) is 28.2 Å². The van der Waals surface area contributed by atoms with E-state index in [-0.39, 0.29) is 5.25 Å². The van der Waals surface area contributed by atoms with Crippen molar-refractivity contribution < 1.29 is 4.21 Å². The molecule has 4 heteroatoms. The zero-order valence-electron chi connectivity index (χ0n) is 9.66. The molecule has 0 radical (unpaired) electrons. The molecule has 16 heavy (non-hydrogen) atoms. The van der Waals surface area contributed by atoms with Gasteiger partial charge >= 0.3 is 0 Å². The van der Waals surface area contributed by atoms with E-state index in [1.54, 1.807) is 0 Å². The van der Waals surface area contributed by atoms with E-state index in [4.69, 9.17) is 0 Å². The fourth-order valence-electron chi connectivity index (χ4n) is 2.31. The van der Waals surface area contributed by atoms with Crippen molar-refractivity contribution in [2.24, 2.45) is 5.92 Å². The fourth-order valence-corrected chi connectivity index (χ4v) is 4.26. The van der Waals surface area contributed by atoms with Crippen LogP contribution in [-0.2, 0) is 10.8 Å². The lowest BCUT2D eigenvalue weighted by Gasteiger charge is -2.35. The Hall–Kier alpha value is -0.190. The first-order valence-electron chi connectivity index (χ1n) is 5.43. The summed E-state index contributed by atoms with van der Waals surface area (Å²) in [5, 5.41) is 3.53. The Labute approximate surface area is 107 Å². The average Bonchev–Trinajstić information content (AvgIpc) is 2.27. The molecule has 0 bridgehead atoms. The SMILES string of the molecule is CNC1c2cc(Br)ccc2S(=O)C(C)C1C. The Kier molecular flexibility index (Phi) is 3.52. The van der Waals surface area contributed by atoms with Crippen LogP contribution in [0.25, 0.3) is 0 Å². The summed E-state index contributed by atoms with van der Waals surface area (Å²) < 4.78 is 13.3. The quantitative estimate of drug-likeness (QED) is 0.864. The summed E-state index contributed by atoms with van der Waals surface area (Å²) in [4.78, 5) is 0.980. The predicted molar refractivity (Wildman–Crippen MR) is 71.0 cm³/mol. The van der Waals surface area contributed by atoms with Crippen LogP contribution in [0.15, 0.2) is 27.6 Å². The van der Waals surface area contributed by atoms with Crippen LogP contribution in [0.1, 0.15) is 25.5 Å². The van der Waals surface area contributed by atoms with Gasteiger partial charge in [-0.2, -0.15) is 0 Å². The second kappa shape index (κ2) is 4.59. The van der Waals surface area contributed by atoms with Crippen molar-refractivity contribution in [3.8, 4) is 0 Å². The van der Waals surface area contributed by atoms with E-state index < -0.39 is 10.8 Å². The molecule has 0 aromatic heterocycles. The highest BCUT2D eigenvalue weighted by Gasteiger charge is 2.35. The Bertz CT molecular complexity index is 435. The van der Waals surface area contributed by atoms with Gasteiger partial charge in [0.15, 0.2) is 0 Å². The number of fused-ring (bicyclic) bond motifs is 1. The maximum Gasteiger partial charge on any atom is 0.0564 e. The van der Waals surface area contributed by atoms with E-state index in [0.29, 0.717) is 12.0 Å². The van der Waals surface area contributed by atoms with Gasteiger partial charge in [-0.3, -0.25) is 4.21 Å². The molecule has 4 atom stereocenters. The Morgan fingerprint density at radius 1 is 1.38 bits per heavy atom. The lowest BCUT2D eigenvalue weighted by molar-refractivity contribution is 0.389. The van der Waals surface area contributed by atoms with E-state index in [0.717, 1.165) is 9.37 Å². The van der Waals surface area contributed by atoms with Gasteiger partial charge in [0.1, 0.15) is 0 Å². The molecule has 0 amide bonds. The van der Waals surface area contributed by atoms with Crippen LogP contribution in [0.2, 0.25) is 0 Å². The van der Waals surface area contributed by atoms with Crippen molar-refractivity contribution in [2.45, 2.75) is 30.0 Å². The molecule has 0 saturated heterocycles. The maximum absolute atomic E-state index is 12.3. The molecule has 1 heterocycles.